The highest BCUT2D eigenvalue weighted by Gasteiger charge is 2.14. The van der Waals surface area contributed by atoms with Crippen LogP contribution in [0.4, 0.5) is 5.69 Å². The lowest BCUT2D eigenvalue weighted by Crippen LogP contribution is -2.12. The van der Waals surface area contributed by atoms with Crippen LogP contribution in [0.25, 0.3) is 22.9 Å². The number of nitrogens with zero attached hydrogens (tertiary/aromatic N) is 2. The zero-order valence-corrected chi connectivity index (χ0v) is 17.4. The summed E-state index contributed by atoms with van der Waals surface area (Å²) in [7, 11) is 3.11. The Kier molecular flexibility index (Phi) is 5.66. The second-order valence-corrected chi connectivity index (χ2v) is 6.88. The number of nitrogens with one attached hydrogen (secondary N) is 1. The number of benzene rings is 3. The maximum Gasteiger partial charge on any atom is 0.255 e. The van der Waals surface area contributed by atoms with Crippen LogP contribution in [0.15, 0.2) is 71.1 Å². The van der Waals surface area contributed by atoms with Crippen LogP contribution in [-0.4, -0.2) is 30.3 Å². The van der Waals surface area contributed by atoms with E-state index in [2.05, 4.69) is 15.5 Å². The van der Waals surface area contributed by atoms with Crippen molar-refractivity contribution in [2.24, 2.45) is 0 Å². The zero-order valence-electron chi connectivity index (χ0n) is 17.4. The van der Waals surface area contributed by atoms with Gasteiger partial charge in [-0.1, -0.05) is 17.7 Å². The molecule has 0 saturated heterocycles. The maximum atomic E-state index is 12.7. The van der Waals surface area contributed by atoms with E-state index < -0.39 is 0 Å². The number of carbonyl (C=O) groups is 1. The highest BCUT2D eigenvalue weighted by atomic mass is 16.5. The highest BCUT2D eigenvalue weighted by Crippen LogP contribution is 2.30. The van der Waals surface area contributed by atoms with Crippen molar-refractivity contribution in [3.63, 3.8) is 0 Å². The van der Waals surface area contributed by atoms with E-state index in [1.807, 2.05) is 31.2 Å². The van der Waals surface area contributed by atoms with Gasteiger partial charge in [0.1, 0.15) is 11.5 Å². The minimum atomic E-state index is -0.263. The zero-order chi connectivity index (χ0) is 21.8. The summed E-state index contributed by atoms with van der Waals surface area (Å²) in [6, 6.07) is 20.0. The Morgan fingerprint density at radius 2 is 1.61 bits per heavy atom. The van der Waals surface area contributed by atoms with Gasteiger partial charge in [0, 0.05) is 22.8 Å². The van der Waals surface area contributed by atoms with E-state index in [1.165, 1.54) is 7.11 Å². The molecule has 1 N–H and O–H groups in total. The van der Waals surface area contributed by atoms with Crippen molar-refractivity contribution < 1.29 is 18.7 Å². The quantitative estimate of drug-likeness (QED) is 0.478. The second kappa shape index (κ2) is 8.71. The van der Waals surface area contributed by atoms with Crippen molar-refractivity contribution >= 4 is 11.6 Å². The summed E-state index contributed by atoms with van der Waals surface area (Å²) in [5.74, 6) is 1.73. The Bertz CT molecular complexity index is 1220. The number of methoxy groups -OCH3 is 2. The first-order valence-corrected chi connectivity index (χ1v) is 9.62. The van der Waals surface area contributed by atoms with Gasteiger partial charge in [0.2, 0.25) is 11.8 Å². The first kappa shape index (κ1) is 20.2. The lowest BCUT2D eigenvalue weighted by Gasteiger charge is -2.11. The van der Waals surface area contributed by atoms with Gasteiger partial charge in [-0.2, -0.15) is 0 Å². The third kappa shape index (κ3) is 4.40. The van der Waals surface area contributed by atoms with E-state index in [1.54, 1.807) is 49.6 Å². The van der Waals surface area contributed by atoms with Gasteiger partial charge in [-0.3, -0.25) is 4.79 Å². The molecule has 0 fully saturated rings. The van der Waals surface area contributed by atoms with E-state index in [0.717, 1.165) is 16.7 Å². The molecule has 7 heteroatoms. The van der Waals surface area contributed by atoms with Crippen molar-refractivity contribution in [2.45, 2.75) is 6.92 Å². The fourth-order valence-corrected chi connectivity index (χ4v) is 3.10. The molecule has 0 aliphatic rings. The maximum absolute atomic E-state index is 12.7. The first-order chi connectivity index (χ1) is 15.1. The van der Waals surface area contributed by atoms with Crippen molar-refractivity contribution in [3.05, 3.63) is 77.9 Å². The lowest BCUT2D eigenvalue weighted by atomic mass is 10.1. The van der Waals surface area contributed by atoms with Crippen LogP contribution in [-0.2, 0) is 0 Å². The average Bonchev–Trinajstić information content (AvgIpc) is 3.30. The molecule has 1 aromatic heterocycles. The Labute approximate surface area is 179 Å². The SMILES string of the molecule is COc1ccc(NC(=O)c2ccc(-c3nnc(-c4cccc(C)c4)o3)cc2)c(OC)c1. The minimum absolute atomic E-state index is 0.263. The average molecular weight is 415 g/mol. The monoisotopic (exact) mass is 415 g/mol. The molecule has 0 atom stereocenters. The van der Waals surface area contributed by atoms with Crippen molar-refractivity contribution in [1.29, 1.82) is 0 Å². The van der Waals surface area contributed by atoms with Crippen LogP contribution >= 0.6 is 0 Å². The molecule has 4 rings (SSSR count). The van der Waals surface area contributed by atoms with Gasteiger partial charge in [-0.15, -0.1) is 10.2 Å². The van der Waals surface area contributed by atoms with Crippen molar-refractivity contribution in [1.82, 2.24) is 10.2 Å². The van der Waals surface area contributed by atoms with Gasteiger partial charge in [-0.25, -0.2) is 0 Å². The number of anilines is 1. The van der Waals surface area contributed by atoms with E-state index in [9.17, 15) is 4.79 Å². The largest absolute Gasteiger partial charge is 0.497 e. The van der Waals surface area contributed by atoms with Gasteiger partial charge in [0.15, 0.2) is 0 Å². The molecular weight excluding hydrogens is 394 g/mol. The predicted octanol–water partition coefficient (Wildman–Crippen LogP) is 4.98. The number of rotatable bonds is 6. The molecular formula is C24H21N3O4. The minimum Gasteiger partial charge on any atom is -0.497 e. The van der Waals surface area contributed by atoms with Crippen LogP contribution in [0.3, 0.4) is 0 Å². The Balaban J connectivity index is 1.50. The van der Waals surface area contributed by atoms with E-state index in [4.69, 9.17) is 13.9 Å². The number of aromatic nitrogens is 2. The summed E-state index contributed by atoms with van der Waals surface area (Å²) in [4.78, 5) is 12.7. The molecule has 0 bridgehead atoms. The Hall–Kier alpha value is -4.13. The summed E-state index contributed by atoms with van der Waals surface area (Å²) < 4.78 is 16.3. The van der Waals surface area contributed by atoms with Crippen LogP contribution in [0.1, 0.15) is 15.9 Å². The smallest absolute Gasteiger partial charge is 0.255 e. The fourth-order valence-electron chi connectivity index (χ4n) is 3.10. The molecule has 0 spiro atoms. The summed E-state index contributed by atoms with van der Waals surface area (Å²) in [5.41, 5.74) is 3.74. The summed E-state index contributed by atoms with van der Waals surface area (Å²) in [5, 5.41) is 11.1. The third-order valence-corrected chi connectivity index (χ3v) is 4.74. The number of carbonyl (C=O) groups excluding carboxylic acids is 1. The van der Waals surface area contributed by atoms with Gasteiger partial charge in [0.25, 0.3) is 5.91 Å². The molecule has 7 nitrogen and oxygen atoms in total. The molecule has 4 aromatic rings. The number of hydrogen-bond donors (Lipinski definition) is 1. The normalized spacial score (nSPS) is 10.5. The summed E-state index contributed by atoms with van der Waals surface area (Å²) >= 11 is 0. The number of ether oxygens (including phenoxy) is 2. The lowest BCUT2D eigenvalue weighted by molar-refractivity contribution is 0.102. The van der Waals surface area contributed by atoms with Gasteiger partial charge in [-0.05, 0) is 55.5 Å². The van der Waals surface area contributed by atoms with E-state index in [0.29, 0.717) is 34.5 Å². The molecule has 156 valence electrons. The van der Waals surface area contributed by atoms with E-state index in [-0.39, 0.29) is 5.91 Å². The van der Waals surface area contributed by atoms with E-state index >= 15 is 0 Å². The third-order valence-electron chi connectivity index (χ3n) is 4.74. The van der Waals surface area contributed by atoms with Gasteiger partial charge >= 0.3 is 0 Å². The van der Waals surface area contributed by atoms with Crippen LogP contribution in [0.2, 0.25) is 0 Å². The topological polar surface area (TPSA) is 86.5 Å². The van der Waals surface area contributed by atoms with Gasteiger partial charge < -0.3 is 19.2 Å². The van der Waals surface area contributed by atoms with Gasteiger partial charge in [0.05, 0.1) is 19.9 Å². The molecule has 3 aromatic carbocycles. The van der Waals surface area contributed by atoms with Crippen LogP contribution < -0.4 is 14.8 Å². The summed E-state index contributed by atoms with van der Waals surface area (Å²) in [6.07, 6.45) is 0. The molecule has 0 aliphatic carbocycles. The highest BCUT2D eigenvalue weighted by molar-refractivity contribution is 6.05. The Morgan fingerprint density at radius 1 is 0.871 bits per heavy atom. The second-order valence-electron chi connectivity index (χ2n) is 6.88. The molecule has 0 aliphatic heterocycles. The number of amides is 1. The molecule has 1 heterocycles. The fraction of sp³-hybridized carbons (Fsp3) is 0.125. The number of aryl methyl sites for hydroxylation is 1. The molecule has 0 saturated carbocycles. The molecule has 1 amide bonds. The van der Waals surface area contributed by atoms with Crippen LogP contribution in [0, 0.1) is 6.92 Å². The Morgan fingerprint density at radius 3 is 2.29 bits per heavy atom. The summed E-state index contributed by atoms with van der Waals surface area (Å²) in [6.45, 7) is 2.01. The van der Waals surface area contributed by atoms with Crippen molar-refractivity contribution in [2.75, 3.05) is 19.5 Å². The van der Waals surface area contributed by atoms with Crippen LogP contribution in [0.5, 0.6) is 11.5 Å². The molecule has 31 heavy (non-hydrogen) atoms. The molecule has 0 radical (unpaired) electrons. The first-order valence-electron chi connectivity index (χ1n) is 9.62. The number of hydrogen-bond acceptors (Lipinski definition) is 6. The molecule has 0 unspecified atom stereocenters. The van der Waals surface area contributed by atoms with Crippen molar-refractivity contribution in [3.8, 4) is 34.4 Å². The standard InChI is InChI=1S/C24H21N3O4/c1-15-5-4-6-18(13-15)24-27-26-23(31-24)17-9-7-16(8-10-17)22(28)25-20-12-11-19(29-2)14-21(20)30-3/h4-14H,1-3H3,(H,25,28). The predicted molar refractivity (Wildman–Crippen MR) is 117 cm³/mol.